The van der Waals surface area contributed by atoms with E-state index >= 15 is 0 Å². The third-order valence-corrected chi connectivity index (χ3v) is 2.10. The molecule has 0 unspecified atom stereocenters. The van der Waals surface area contributed by atoms with E-state index in [-0.39, 0.29) is 51.3 Å². The van der Waals surface area contributed by atoms with Crippen LogP contribution in [-0.4, -0.2) is 34.2 Å². The maximum Gasteiger partial charge on any atom is 0.310 e. The monoisotopic (exact) mass is 320 g/mol. The molecule has 7 heteroatoms. The number of hydrogen-bond acceptors (Lipinski definition) is 5. The van der Waals surface area contributed by atoms with Gasteiger partial charge in [0, 0.05) is 28.1 Å². The number of carbonyl (C=O) groups is 5. The van der Waals surface area contributed by atoms with Crippen LogP contribution in [0.25, 0.3) is 0 Å². The fraction of sp³-hybridized carbons (Fsp3) is 0.615. The SMILES string of the molecule is CC(=O)C(C(C)=O)C(C)=O.CCCC(=O)CC(=O)O.[Ti]. The number of carboxylic acids is 1. The molecule has 0 aromatic carbocycles. The Morgan fingerprint density at radius 1 is 0.900 bits per heavy atom. The summed E-state index contributed by atoms with van der Waals surface area (Å²) in [4.78, 5) is 52.1. The second-order valence-electron chi connectivity index (χ2n) is 4.12. The van der Waals surface area contributed by atoms with Crippen molar-refractivity contribution in [3.63, 3.8) is 0 Å². The summed E-state index contributed by atoms with van der Waals surface area (Å²) in [5.74, 6) is -3.38. The molecule has 112 valence electrons. The minimum atomic E-state index is -1.03. The zero-order valence-electron chi connectivity index (χ0n) is 12.2. The van der Waals surface area contributed by atoms with E-state index in [2.05, 4.69) is 0 Å². The molecule has 0 aromatic heterocycles. The van der Waals surface area contributed by atoms with Crippen molar-refractivity contribution in [3.8, 4) is 0 Å². The molecule has 0 aliphatic carbocycles. The molecular weight excluding hydrogens is 300 g/mol. The van der Waals surface area contributed by atoms with Crippen LogP contribution in [0.1, 0.15) is 47.0 Å². The summed E-state index contributed by atoms with van der Waals surface area (Å²) in [7, 11) is 0. The first-order valence-corrected chi connectivity index (χ1v) is 5.88. The van der Waals surface area contributed by atoms with Crippen LogP contribution in [-0.2, 0) is 45.7 Å². The quantitative estimate of drug-likeness (QED) is 0.558. The molecule has 0 aliphatic rings. The van der Waals surface area contributed by atoms with E-state index in [4.69, 9.17) is 5.11 Å². The van der Waals surface area contributed by atoms with Gasteiger partial charge >= 0.3 is 5.97 Å². The van der Waals surface area contributed by atoms with E-state index in [1.165, 1.54) is 20.8 Å². The fourth-order valence-electron chi connectivity index (χ4n) is 1.39. The Labute approximate surface area is 133 Å². The summed E-state index contributed by atoms with van der Waals surface area (Å²) in [5, 5.41) is 8.09. The number of aliphatic carboxylic acids is 1. The molecule has 0 radical (unpaired) electrons. The summed E-state index contributed by atoms with van der Waals surface area (Å²) in [6, 6.07) is 0. The normalized spacial score (nSPS) is 8.85. The number of carboxylic acid groups (broad SMARTS) is 1. The standard InChI is InChI=1S/C7H10O3.C6H10O3.Ti/c1-4(8)7(5(2)9)6(3)10;1-2-3-5(7)4-6(8)9;/h7H,1-3H3;2-4H2,1H3,(H,8,9);. The van der Waals surface area contributed by atoms with Crippen molar-refractivity contribution in [2.24, 2.45) is 5.92 Å². The van der Waals surface area contributed by atoms with Crippen LogP contribution >= 0.6 is 0 Å². The Hall–Kier alpha value is -1.14. The molecule has 6 nitrogen and oxygen atoms in total. The van der Waals surface area contributed by atoms with Crippen LogP contribution in [0.2, 0.25) is 0 Å². The summed E-state index contributed by atoms with van der Waals surface area (Å²) in [5.41, 5.74) is 0. The van der Waals surface area contributed by atoms with Gasteiger partial charge in [0.2, 0.25) is 0 Å². The van der Waals surface area contributed by atoms with Crippen molar-refractivity contribution in [1.82, 2.24) is 0 Å². The van der Waals surface area contributed by atoms with E-state index in [9.17, 15) is 24.0 Å². The third kappa shape index (κ3) is 13.3. The molecule has 0 aliphatic heterocycles. The summed E-state index contributed by atoms with van der Waals surface area (Å²) in [6.07, 6.45) is 0.784. The van der Waals surface area contributed by atoms with Crippen molar-refractivity contribution in [1.29, 1.82) is 0 Å². The number of hydrogen-bond donors (Lipinski definition) is 1. The smallest absolute Gasteiger partial charge is 0.310 e. The van der Waals surface area contributed by atoms with Gasteiger partial charge in [0.25, 0.3) is 0 Å². The van der Waals surface area contributed by atoms with Gasteiger partial charge in [0.15, 0.2) is 0 Å². The minimum Gasteiger partial charge on any atom is -0.481 e. The Morgan fingerprint density at radius 2 is 1.25 bits per heavy atom. The maximum absolute atomic E-state index is 10.6. The maximum atomic E-state index is 10.6. The van der Waals surface area contributed by atoms with Gasteiger partial charge in [-0.15, -0.1) is 0 Å². The van der Waals surface area contributed by atoms with E-state index in [1.54, 1.807) is 0 Å². The molecule has 20 heavy (non-hydrogen) atoms. The van der Waals surface area contributed by atoms with Gasteiger partial charge in [0.1, 0.15) is 35.5 Å². The van der Waals surface area contributed by atoms with Gasteiger partial charge < -0.3 is 5.11 Å². The molecular formula is C13H20O6Ti. The number of carbonyl (C=O) groups excluding carboxylic acids is 4. The van der Waals surface area contributed by atoms with Crippen LogP contribution in [0.5, 0.6) is 0 Å². The summed E-state index contributed by atoms with van der Waals surface area (Å²) < 4.78 is 0. The van der Waals surface area contributed by atoms with E-state index < -0.39 is 11.9 Å². The van der Waals surface area contributed by atoms with Crippen LogP contribution < -0.4 is 0 Å². The van der Waals surface area contributed by atoms with Crippen LogP contribution in [0.15, 0.2) is 0 Å². The van der Waals surface area contributed by atoms with Crippen LogP contribution in [0, 0.1) is 5.92 Å². The van der Waals surface area contributed by atoms with E-state index in [0.717, 1.165) is 6.42 Å². The fourth-order valence-corrected chi connectivity index (χ4v) is 1.39. The molecule has 0 rings (SSSR count). The zero-order chi connectivity index (χ0) is 15.6. The molecule has 1 N–H and O–H groups in total. The molecule has 0 saturated carbocycles. The molecule has 0 amide bonds. The van der Waals surface area contributed by atoms with Gasteiger partial charge in [0.05, 0.1) is 0 Å². The Balaban J connectivity index is -0.000000277. The van der Waals surface area contributed by atoms with Crippen molar-refractivity contribution < 1.29 is 50.8 Å². The number of rotatable bonds is 7. The second-order valence-corrected chi connectivity index (χ2v) is 4.12. The third-order valence-electron chi connectivity index (χ3n) is 2.10. The Bertz CT molecular complexity index is 342. The van der Waals surface area contributed by atoms with Crippen LogP contribution in [0.3, 0.4) is 0 Å². The molecule has 0 aromatic rings. The molecule has 0 heterocycles. The number of Topliss-reactive ketones (excluding diaryl/α,β-unsaturated/α-hetero) is 4. The average molecular weight is 320 g/mol. The first-order valence-electron chi connectivity index (χ1n) is 5.88. The molecule has 0 atom stereocenters. The van der Waals surface area contributed by atoms with Gasteiger partial charge in [-0.2, -0.15) is 0 Å². The largest absolute Gasteiger partial charge is 0.481 e. The van der Waals surface area contributed by atoms with Crippen molar-refractivity contribution in [2.45, 2.75) is 47.0 Å². The topological polar surface area (TPSA) is 106 Å². The van der Waals surface area contributed by atoms with Gasteiger partial charge in [-0.05, 0) is 27.2 Å². The predicted molar refractivity (Wildman–Crippen MR) is 67.7 cm³/mol. The van der Waals surface area contributed by atoms with Gasteiger partial charge in [-0.3, -0.25) is 24.0 Å². The predicted octanol–water partition coefficient (Wildman–Crippen LogP) is 1.20. The first-order chi connectivity index (χ1) is 8.63. The zero-order valence-corrected chi connectivity index (χ0v) is 13.7. The summed E-state index contributed by atoms with van der Waals surface area (Å²) in [6.45, 7) is 5.58. The average Bonchev–Trinajstić information content (AvgIpc) is 2.14. The molecule has 0 saturated heterocycles. The Morgan fingerprint density at radius 3 is 1.40 bits per heavy atom. The van der Waals surface area contributed by atoms with Crippen molar-refractivity contribution >= 4 is 29.1 Å². The van der Waals surface area contributed by atoms with Crippen molar-refractivity contribution in [3.05, 3.63) is 0 Å². The van der Waals surface area contributed by atoms with E-state index in [0.29, 0.717) is 6.42 Å². The van der Waals surface area contributed by atoms with E-state index in [1.807, 2.05) is 6.92 Å². The van der Waals surface area contributed by atoms with Gasteiger partial charge in [-0.25, -0.2) is 0 Å². The molecule has 0 fully saturated rings. The van der Waals surface area contributed by atoms with Crippen molar-refractivity contribution in [2.75, 3.05) is 0 Å². The first kappa shape index (κ1) is 23.9. The molecule has 0 spiro atoms. The number of ketones is 4. The van der Waals surface area contributed by atoms with Crippen LogP contribution in [0.4, 0.5) is 0 Å². The summed E-state index contributed by atoms with van der Waals surface area (Å²) >= 11 is 0. The Kier molecular flexibility index (Phi) is 15.4. The minimum absolute atomic E-state index is 0. The second kappa shape index (κ2) is 12.9. The molecule has 0 bridgehead atoms. The van der Waals surface area contributed by atoms with Gasteiger partial charge in [-0.1, -0.05) is 6.92 Å².